The summed E-state index contributed by atoms with van der Waals surface area (Å²) in [5, 5.41) is 8.41. The van der Waals surface area contributed by atoms with E-state index in [9.17, 15) is 24.0 Å². The number of likely N-dealkylation sites (tertiary alicyclic amines) is 1. The molecule has 0 unspecified atom stereocenters. The van der Waals surface area contributed by atoms with E-state index in [0.717, 1.165) is 38.0 Å². The molecule has 1 spiro atoms. The van der Waals surface area contributed by atoms with Crippen molar-refractivity contribution in [2.45, 2.75) is 97.6 Å². The number of benzene rings is 1. The SMILES string of the molecule is CC(C)(C)OC(=O)N[C@@H]1CN(Cc2ccc(-n3ccc(NC(=O)N4CCN(C(=O)C(C)(C)NC(=O)OC(C)(C)C)CC4)nc3=O)cc2)CC12CC2. The first-order valence-corrected chi connectivity index (χ1v) is 17.5. The number of ether oxygens (including phenoxy) is 2. The number of alkyl carbamates (subject to hydrolysis) is 2. The van der Waals surface area contributed by atoms with Crippen LogP contribution in [0, 0.1) is 5.41 Å². The molecule has 0 radical (unpaired) electrons. The molecule has 2 aromatic rings. The fourth-order valence-corrected chi connectivity index (χ4v) is 6.51. The van der Waals surface area contributed by atoms with E-state index >= 15 is 0 Å². The Morgan fingerprint density at radius 1 is 0.843 bits per heavy atom. The summed E-state index contributed by atoms with van der Waals surface area (Å²) in [7, 11) is 0. The lowest BCUT2D eigenvalue weighted by Crippen LogP contribution is -2.60. The molecule has 15 nitrogen and oxygen atoms in total. The minimum atomic E-state index is -1.19. The largest absolute Gasteiger partial charge is 0.444 e. The fraction of sp³-hybridized carbons (Fsp3) is 0.611. The van der Waals surface area contributed by atoms with E-state index < -0.39 is 34.6 Å². The lowest BCUT2D eigenvalue weighted by Gasteiger charge is -2.38. The van der Waals surface area contributed by atoms with Gasteiger partial charge in [-0.2, -0.15) is 4.98 Å². The first kappa shape index (κ1) is 37.6. The number of nitrogens with zero attached hydrogens (tertiary/aromatic N) is 5. The predicted molar refractivity (Wildman–Crippen MR) is 191 cm³/mol. The summed E-state index contributed by atoms with van der Waals surface area (Å²) in [5.74, 6) is -0.160. The summed E-state index contributed by atoms with van der Waals surface area (Å²) < 4.78 is 12.2. The summed E-state index contributed by atoms with van der Waals surface area (Å²) in [6.07, 6.45) is 2.68. The minimum Gasteiger partial charge on any atom is -0.444 e. The maximum Gasteiger partial charge on any atom is 0.408 e. The van der Waals surface area contributed by atoms with Gasteiger partial charge in [-0.05, 0) is 92.0 Å². The van der Waals surface area contributed by atoms with Crippen LogP contribution in [0.25, 0.3) is 5.69 Å². The molecule has 1 aromatic heterocycles. The number of anilines is 1. The zero-order valence-electron chi connectivity index (χ0n) is 31.0. The molecule has 1 aromatic carbocycles. The van der Waals surface area contributed by atoms with E-state index in [-0.39, 0.29) is 55.5 Å². The lowest BCUT2D eigenvalue weighted by molar-refractivity contribution is -0.138. The van der Waals surface area contributed by atoms with E-state index in [1.54, 1.807) is 56.7 Å². The van der Waals surface area contributed by atoms with Crippen molar-refractivity contribution in [1.82, 2.24) is 34.9 Å². The van der Waals surface area contributed by atoms with Gasteiger partial charge >= 0.3 is 23.9 Å². The predicted octanol–water partition coefficient (Wildman–Crippen LogP) is 3.70. The number of nitrogens with one attached hydrogen (secondary N) is 3. The van der Waals surface area contributed by atoms with E-state index in [4.69, 9.17) is 9.47 Å². The van der Waals surface area contributed by atoms with E-state index in [0.29, 0.717) is 5.69 Å². The van der Waals surface area contributed by atoms with Gasteiger partial charge in [-0.15, -0.1) is 0 Å². The summed E-state index contributed by atoms with van der Waals surface area (Å²) in [5.41, 5.74) is -1.14. The van der Waals surface area contributed by atoms with Gasteiger partial charge in [0.05, 0.1) is 11.7 Å². The topological polar surface area (TPSA) is 167 Å². The van der Waals surface area contributed by atoms with E-state index in [1.807, 2.05) is 45.0 Å². The second-order valence-electron chi connectivity index (χ2n) is 16.3. The lowest BCUT2D eigenvalue weighted by atomic mass is 10.0. The third kappa shape index (κ3) is 9.78. The molecule has 3 aliphatic rings. The number of aromatic nitrogens is 2. The Morgan fingerprint density at radius 3 is 2.00 bits per heavy atom. The van der Waals surface area contributed by atoms with E-state index in [2.05, 4.69) is 25.8 Å². The summed E-state index contributed by atoms with van der Waals surface area (Å²) in [6.45, 7) is 17.5. The summed E-state index contributed by atoms with van der Waals surface area (Å²) in [4.78, 5) is 73.3. The van der Waals surface area contributed by atoms with Gasteiger partial charge in [0, 0.05) is 57.4 Å². The van der Waals surface area contributed by atoms with Crippen molar-refractivity contribution in [3.8, 4) is 5.69 Å². The zero-order chi connectivity index (χ0) is 37.4. The Morgan fingerprint density at radius 2 is 1.43 bits per heavy atom. The van der Waals surface area contributed by atoms with Crippen molar-refractivity contribution >= 4 is 29.9 Å². The van der Waals surface area contributed by atoms with Gasteiger partial charge in [0.1, 0.15) is 22.6 Å². The fourth-order valence-electron chi connectivity index (χ4n) is 6.51. The maximum absolute atomic E-state index is 13.1. The number of hydrogen-bond donors (Lipinski definition) is 3. The molecular weight excluding hydrogens is 656 g/mol. The van der Waals surface area contributed by atoms with Crippen LogP contribution in [0.15, 0.2) is 41.3 Å². The third-order valence-corrected chi connectivity index (χ3v) is 9.16. The molecule has 3 heterocycles. The van der Waals surface area contributed by atoms with Crippen LogP contribution in [-0.4, -0.2) is 110 Å². The first-order chi connectivity index (χ1) is 23.7. The Labute approximate surface area is 299 Å². The number of urea groups is 1. The molecule has 5 amide bonds. The minimum absolute atomic E-state index is 0.0521. The van der Waals surface area contributed by atoms with Crippen LogP contribution < -0.4 is 21.6 Å². The highest BCUT2D eigenvalue weighted by Gasteiger charge is 2.55. The zero-order valence-corrected chi connectivity index (χ0v) is 31.0. The first-order valence-electron chi connectivity index (χ1n) is 17.5. The molecule has 1 saturated carbocycles. The Hall–Kier alpha value is -4.66. The van der Waals surface area contributed by atoms with Crippen molar-refractivity contribution in [2.75, 3.05) is 44.6 Å². The van der Waals surface area contributed by atoms with Crippen LogP contribution in [0.4, 0.5) is 20.2 Å². The second kappa shape index (κ2) is 14.2. The summed E-state index contributed by atoms with van der Waals surface area (Å²) in [6, 6.07) is 8.87. The van der Waals surface area contributed by atoms with Gasteiger partial charge < -0.3 is 29.9 Å². The van der Waals surface area contributed by atoms with Gasteiger partial charge in [0.15, 0.2) is 0 Å². The quantitative estimate of drug-likeness (QED) is 0.389. The number of hydrogen-bond acceptors (Lipinski definition) is 9. The van der Waals surface area contributed by atoms with Crippen LogP contribution >= 0.6 is 0 Å². The number of piperazine rings is 1. The highest BCUT2D eigenvalue weighted by atomic mass is 16.6. The number of amides is 5. The van der Waals surface area contributed by atoms with Crippen LogP contribution in [0.5, 0.6) is 0 Å². The molecular formula is C36H52N8O7. The van der Waals surface area contributed by atoms with Gasteiger partial charge in [0.25, 0.3) is 0 Å². The molecule has 3 fully saturated rings. The average molecular weight is 709 g/mol. The van der Waals surface area contributed by atoms with Gasteiger partial charge in [0.2, 0.25) is 5.91 Å². The molecule has 5 rings (SSSR count). The number of rotatable bonds is 7. The van der Waals surface area contributed by atoms with Gasteiger partial charge in [-0.1, -0.05) is 12.1 Å². The standard InChI is InChI=1S/C36H52N8O7/c1-33(2,3)50-31(48)37-26-22-41(23-36(26)14-15-36)21-24-9-11-25(12-10-24)44-16-13-27(39-30(44)47)38-29(46)43-19-17-42(18-20-43)28(45)35(7,8)40-32(49)51-34(4,5)6/h9-13,16,26H,14-15,17-23H2,1-8H3,(H,37,48)(H,40,49)(H,38,39,46,47)/t26-/m1/s1. The number of carbonyl (C=O) groups is 4. The van der Waals surface area contributed by atoms with Crippen LogP contribution in [0.1, 0.15) is 73.8 Å². The molecule has 278 valence electrons. The van der Waals surface area contributed by atoms with Crippen LogP contribution in [0.2, 0.25) is 0 Å². The third-order valence-electron chi connectivity index (χ3n) is 9.16. The Balaban J connectivity index is 1.10. The monoisotopic (exact) mass is 708 g/mol. The van der Waals surface area contributed by atoms with Crippen molar-refractivity contribution in [3.05, 3.63) is 52.6 Å². The molecule has 0 bridgehead atoms. The highest BCUT2D eigenvalue weighted by Crippen LogP contribution is 2.53. The van der Waals surface area contributed by atoms with Gasteiger partial charge in [-0.25, -0.2) is 19.2 Å². The average Bonchev–Trinajstić information content (AvgIpc) is 3.71. The van der Waals surface area contributed by atoms with Crippen molar-refractivity contribution in [2.24, 2.45) is 5.41 Å². The van der Waals surface area contributed by atoms with Crippen LogP contribution in [-0.2, 0) is 20.8 Å². The normalized spacial score (nSPS) is 19.0. The Bertz CT molecular complexity index is 1680. The second-order valence-corrected chi connectivity index (χ2v) is 16.3. The van der Waals surface area contributed by atoms with Crippen molar-refractivity contribution < 1.29 is 28.7 Å². The maximum atomic E-state index is 13.1. The smallest absolute Gasteiger partial charge is 0.408 e. The van der Waals surface area contributed by atoms with Gasteiger partial charge in [-0.3, -0.25) is 19.6 Å². The summed E-state index contributed by atoms with van der Waals surface area (Å²) >= 11 is 0. The number of carbonyl (C=O) groups excluding carboxylic acids is 4. The molecule has 1 aliphatic carbocycles. The highest BCUT2D eigenvalue weighted by molar-refractivity contribution is 5.90. The van der Waals surface area contributed by atoms with Crippen molar-refractivity contribution in [3.63, 3.8) is 0 Å². The van der Waals surface area contributed by atoms with Crippen molar-refractivity contribution in [1.29, 1.82) is 0 Å². The van der Waals surface area contributed by atoms with Crippen LogP contribution in [0.3, 0.4) is 0 Å². The molecule has 1 atom stereocenters. The molecule has 3 N–H and O–H groups in total. The molecule has 2 aliphatic heterocycles. The Kier molecular flexibility index (Phi) is 10.4. The molecule has 51 heavy (non-hydrogen) atoms. The molecule has 15 heteroatoms. The molecule has 2 saturated heterocycles. The van der Waals surface area contributed by atoms with E-state index in [1.165, 1.54) is 4.57 Å².